The molecule has 2 aliphatic heterocycles. The molecule has 0 unspecified atom stereocenters. The Morgan fingerprint density at radius 2 is 2.14 bits per heavy atom. The van der Waals surface area contributed by atoms with Crippen molar-refractivity contribution in [3.05, 3.63) is 11.6 Å². The third-order valence-corrected chi connectivity index (χ3v) is 4.67. The summed E-state index contributed by atoms with van der Waals surface area (Å²) in [6.07, 6.45) is 6.47. The second-order valence-corrected chi connectivity index (χ2v) is 6.79. The fourth-order valence-corrected chi connectivity index (χ4v) is 3.43. The third-order valence-electron chi connectivity index (χ3n) is 4.67. The Kier molecular flexibility index (Phi) is 4.91. The van der Waals surface area contributed by atoms with Gasteiger partial charge in [0.25, 0.3) is 0 Å². The largest absolute Gasteiger partial charge is 0.377 e. The molecule has 0 bridgehead atoms. The van der Waals surface area contributed by atoms with Crippen molar-refractivity contribution in [1.29, 1.82) is 0 Å². The molecule has 1 aromatic heterocycles. The van der Waals surface area contributed by atoms with Crippen molar-refractivity contribution in [2.75, 3.05) is 19.7 Å². The van der Waals surface area contributed by atoms with Crippen LogP contribution in [0, 0.1) is 5.92 Å². The lowest BCUT2D eigenvalue weighted by Gasteiger charge is -2.27. The number of hydrogen-bond acceptors (Lipinski definition) is 4. The number of rotatable bonds is 5. The van der Waals surface area contributed by atoms with E-state index in [0.717, 1.165) is 38.5 Å². The summed E-state index contributed by atoms with van der Waals surface area (Å²) in [7, 11) is 0. The second-order valence-electron chi connectivity index (χ2n) is 6.79. The van der Waals surface area contributed by atoms with Crippen LogP contribution < -0.4 is 5.32 Å². The zero-order valence-electron chi connectivity index (χ0n) is 13.3. The molecule has 21 heavy (non-hydrogen) atoms. The molecule has 0 aromatic carbocycles. The van der Waals surface area contributed by atoms with Gasteiger partial charge in [0, 0.05) is 32.0 Å². The van der Waals surface area contributed by atoms with E-state index >= 15 is 0 Å². The van der Waals surface area contributed by atoms with E-state index in [1.807, 2.05) is 0 Å². The molecule has 1 fully saturated rings. The predicted molar refractivity (Wildman–Crippen MR) is 82.4 cm³/mol. The fourth-order valence-electron chi connectivity index (χ4n) is 3.43. The van der Waals surface area contributed by atoms with Crippen LogP contribution in [0.1, 0.15) is 57.1 Å². The zero-order chi connectivity index (χ0) is 14.7. The number of nitrogens with one attached hydrogen (secondary N) is 1. The van der Waals surface area contributed by atoms with Crippen molar-refractivity contribution in [2.24, 2.45) is 5.92 Å². The summed E-state index contributed by atoms with van der Waals surface area (Å²) in [5.41, 5.74) is 0. The molecule has 2 aliphatic rings. The van der Waals surface area contributed by atoms with Crippen LogP contribution in [-0.2, 0) is 17.7 Å². The maximum absolute atomic E-state index is 5.77. The topological polar surface area (TPSA) is 52.0 Å². The van der Waals surface area contributed by atoms with E-state index in [-0.39, 0.29) is 0 Å². The summed E-state index contributed by atoms with van der Waals surface area (Å²) in [5.74, 6) is 3.46. The molecule has 0 spiro atoms. The van der Waals surface area contributed by atoms with Crippen molar-refractivity contribution < 1.29 is 4.74 Å². The van der Waals surface area contributed by atoms with Gasteiger partial charge in [0.2, 0.25) is 0 Å². The first-order chi connectivity index (χ1) is 10.2. The lowest BCUT2D eigenvalue weighted by molar-refractivity contribution is 0.0163. The van der Waals surface area contributed by atoms with Crippen LogP contribution in [0.25, 0.3) is 0 Å². The molecule has 1 saturated heterocycles. The van der Waals surface area contributed by atoms with Gasteiger partial charge >= 0.3 is 0 Å². The van der Waals surface area contributed by atoms with Gasteiger partial charge < -0.3 is 14.6 Å². The molecule has 0 radical (unpaired) electrons. The Morgan fingerprint density at radius 3 is 2.90 bits per heavy atom. The number of aryl methyl sites for hydroxylation is 1. The lowest BCUT2D eigenvalue weighted by Crippen LogP contribution is -2.37. The summed E-state index contributed by atoms with van der Waals surface area (Å²) >= 11 is 0. The van der Waals surface area contributed by atoms with E-state index in [2.05, 4.69) is 33.9 Å². The number of fused-ring (bicyclic) bond motifs is 1. The van der Waals surface area contributed by atoms with E-state index in [1.54, 1.807) is 0 Å². The minimum atomic E-state index is 0.430. The third kappa shape index (κ3) is 3.64. The van der Waals surface area contributed by atoms with E-state index in [0.29, 0.717) is 17.9 Å². The standard InChI is InChI=1S/C16H28N4O/c1-12(2)16-19-18-15-7-6-13(11-20(15)16)9-17-10-14-5-3-4-8-21-14/h12-14,17H,3-11H2,1-2H3/t13-,14-/m0/s1. The van der Waals surface area contributed by atoms with Crippen LogP contribution in [0.5, 0.6) is 0 Å². The molecule has 3 heterocycles. The molecule has 1 N–H and O–H groups in total. The molecule has 118 valence electrons. The molecular formula is C16H28N4O. The highest BCUT2D eigenvalue weighted by atomic mass is 16.5. The maximum Gasteiger partial charge on any atom is 0.135 e. The monoisotopic (exact) mass is 292 g/mol. The molecule has 0 saturated carbocycles. The number of ether oxygens (including phenoxy) is 1. The minimum absolute atomic E-state index is 0.430. The van der Waals surface area contributed by atoms with Crippen LogP contribution in [0.3, 0.4) is 0 Å². The molecule has 5 heteroatoms. The summed E-state index contributed by atoms with van der Waals surface area (Å²) in [4.78, 5) is 0. The van der Waals surface area contributed by atoms with Crippen molar-refractivity contribution >= 4 is 0 Å². The lowest BCUT2D eigenvalue weighted by atomic mass is 9.98. The molecule has 2 atom stereocenters. The van der Waals surface area contributed by atoms with Gasteiger partial charge in [-0.3, -0.25) is 0 Å². The van der Waals surface area contributed by atoms with Crippen LogP contribution in [0.15, 0.2) is 0 Å². The van der Waals surface area contributed by atoms with E-state index < -0.39 is 0 Å². The quantitative estimate of drug-likeness (QED) is 0.903. The molecule has 3 rings (SSSR count). The average Bonchev–Trinajstić information content (AvgIpc) is 2.92. The van der Waals surface area contributed by atoms with Gasteiger partial charge in [-0.2, -0.15) is 0 Å². The van der Waals surface area contributed by atoms with Crippen LogP contribution >= 0.6 is 0 Å². The maximum atomic E-state index is 5.77. The molecule has 5 nitrogen and oxygen atoms in total. The minimum Gasteiger partial charge on any atom is -0.377 e. The first-order valence-electron chi connectivity index (χ1n) is 8.48. The highest BCUT2D eigenvalue weighted by molar-refractivity contribution is 5.03. The van der Waals surface area contributed by atoms with Crippen molar-refractivity contribution in [1.82, 2.24) is 20.1 Å². The predicted octanol–water partition coefficient (Wildman–Crippen LogP) is 2.12. The Labute approximate surface area is 127 Å². The number of nitrogens with zero attached hydrogens (tertiary/aromatic N) is 3. The molecule has 0 aliphatic carbocycles. The van der Waals surface area contributed by atoms with Gasteiger partial charge in [-0.1, -0.05) is 13.8 Å². The second kappa shape index (κ2) is 6.88. The number of aromatic nitrogens is 3. The molecule has 0 amide bonds. The smallest absolute Gasteiger partial charge is 0.135 e. The first kappa shape index (κ1) is 15.0. The molecular weight excluding hydrogens is 264 g/mol. The number of hydrogen-bond donors (Lipinski definition) is 1. The van der Waals surface area contributed by atoms with Gasteiger partial charge in [-0.05, 0) is 38.1 Å². The normalized spacial score (nSPS) is 26.0. The van der Waals surface area contributed by atoms with Crippen molar-refractivity contribution in [3.8, 4) is 0 Å². The highest BCUT2D eigenvalue weighted by Crippen LogP contribution is 2.23. The van der Waals surface area contributed by atoms with Gasteiger partial charge in [0.05, 0.1) is 6.10 Å². The van der Waals surface area contributed by atoms with Crippen LogP contribution in [0.2, 0.25) is 0 Å². The van der Waals surface area contributed by atoms with E-state index in [4.69, 9.17) is 4.74 Å². The van der Waals surface area contributed by atoms with Gasteiger partial charge in [-0.15, -0.1) is 10.2 Å². The van der Waals surface area contributed by atoms with Crippen LogP contribution in [-0.4, -0.2) is 40.6 Å². The average molecular weight is 292 g/mol. The zero-order valence-corrected chi connectivity index (χ0v) is 13.3. The fraction of sp³-hybridized carbons (Fsp3) is 0.875. The van der Waals surface area contributed by atoms with Crippen molar-refractivity contribution in [2.45, 2.75) is 64.5 Å². The first-order valence-corrected chi connectivity index (χ1v) is 8.48. The highest BCUT2D eigenvalue weighted by Gasteiger charge is 2.24. The SMILES string of the molecule is CC(C)c1nnc2n1C[C@H](CNC[C@@H]1CCCCO1)CC2. The van der Waals surface area contributed by atoms with E-state index in [9.17, 15) is 0 Å². The Balaban J connectivity index is 1.48. The Bertz CT molecular complexity index is 451. The summed E-state index contributed by atoms with van der Waals surface area (Å²) < 4.78 is 8.12. The Hall–Kier alpha value is -0.940. The molecule has 1 aromatic rings. The van der Waals surface area contributed by atoms with Gasteiger partial charge in [0.1, 0.15) is 11.6 Å². The van der Waals surface area contributed by atoms with Gasteiger partial charge in [0.15, 0.2) is 0 Å². The van der Waals surface area contributed by atoms with Crippen molar-refractivity contribution in [3.63, 3.8) is 0 Å². The van der Waals surface area contributed by atoms with Crippen LogP contribution in [0.4, 0.5) is 0 Å². The summed E-state index contributed by atoms with van der Waals surface area (Å²) in [6, 6.07) is 0. The van der Waals surface area contributed by atoms with E-state index in [1.165, 1.54) is 31.5 Å². The summed E-state index contributed by atoms with van der Waals surface area (Å²) in [6.45, 7) is 8.47. The van der Waals surface area contributed by atoms with Gasteiger partial charge in [-0.25, -0.2) is 0 Å². The Morgan fingerprint density at radius 1 is 1.24 bits per heavy atom. The summed E-state index contributed by atoms with van der Waals surface area (Å²) in [5, 5.41) is 12.3.